The highest BCUT2D eigenvalue weighted by atomic mass is 32.1. The molecule has 84 valence electrons. The number of nitrogens with one attached hydrogen (secondary N) is 1. The van der Waals surface area contributed by atoms with Gasteiger partial charge in [-0.25, -0.2) is 4.98 Å². The normalized spacial score (nSPS) is 12.6. The third-order valence-electron chi connectivity index (χ3n) is 2.34. The molecular weight excluding hydrogens is 218 g/mol. The van der Waals surface area contributed by atoms with E-state index in [0.29, 0.717) is 6.04 Å². The van der Waals surface area contributed by atoms with Crippen molar-refractivity contribution in [1.82, 2.24) is 15.3 Å². The fourth-order valence-corrected chi connectivity index (χ4v) is 2.26. The lowest BCUT2D eigenvalue weighted by Crippen LogP contribution is -2.17. The van der Waals surface area contributed by atoms with Crippen LogP contribution in [0.4, 0.5) is 0 Å². The lowest BCUT2D eigenvalue weighted by molar-refractivity contribution is 0.570. The van der Waals surface area contributed by atoms with Crippen LogP contribution in [0.2, 0.25) is 0 Å². The average molecular weight is 233 g/mol. The van der Waals surface area contributed by atoms with Gasteiger partial charge in [0.15, 0.2) is 0 Å². The van der Waals surface area contributed by atoms with E-state index in [1.165, 1.54) is 5.56 Å². The Morgan fingerprint density at radius 3 is 3.00 bits per heavy atom. The van der Waals surface area contributed by atoms with E-state index in [2.05, 4.69) is 33.7 Å². The summed E-state index contributed by atoms with van der Waals surface area (Å²) in [4.78, 5) is 8.55. The first-order valence-corrected chi connectivity index (χ1v) is 6.18. The van der Waals surface area contributed by atoms with Crippen LogP contribution in [0.3, 0.4) is 0 Å². The zero-order valence-corrected chi connectivity index (χ0v) is 10.3. The van der Waals surface area contributed by atoms with Crippen LogP contribution in [-0.2, 0) is 6.54 Å². The van der Waals surface area contributed by atoms with Gasteiger partial charge in [-0.05, 0) is 25.5 Å². The zero-order chi connectivity index (χ0) is 11.4. The molecule has 0 aliphatic heterocycles. The Kier molecular flexibility index (Phi) is 3.64. The van der Waals surface area contributed by atoms with Crippen molar-refractivity contribution in [2.45, 2.75) is 26.4 Å². The first-order chi connectivity index (χ1) is 7.75. The van der Waals surface area contributed by atoms with Gasteiger partial charge in [-0.2, -0.15) is 0 Å². The van der Waals surface area contributed by atoms with Crippen molar-refractivity contribution in [3.05, 3.63) is 46.2 Å². The Morgan fingerprint density at radius 2 is 2.38 bits per heavy atom. The second-order valence-corrected chi connectivity index (χ2v) is 4.68. The van der Waals surface area contributed by atoms with Crippen LogP contribution in [-0.4, -0.2) is 9.97 Å². The summed E-state index contributed by atoms with van der Waals surface area (Å²) in [5.74, 6) is 0. The molecule has 0 bridgehead atoms. The van der Waals surface area contributed by atoms with Gasteiger partial charge < -0.3 is 5.32 Å². The summed E-state index contributed by atoms with van der Waals surface area (Å²) in [6.45, 7) is 4.98. The van der Waals surface area contributed by atoms with Crippen LogP contribution in [0.15, 0.2) is 29.9 Å². The molecule has 0 aromatic carbocycles. The van der Waals surface area contributed by atoms with Crippen molar-refractivity contribution in [2.24, 2.45) is 0 Å². The molecule has 2 aromatic heterocycles. The number of aryl methyl sites for hydroxylation is 1. The van der Waals surface area contributed by atoms with Gasteiger partial charge in [0.05, 0.1) is 6.04 Å². The highest BCUT2D eigenvalue weighted by Crippen LogP contribution is 2.17. The molecule has 0 saturated carbocycles. The van der Waals surface area contributed by atoms with E-state index in [0.717, 1.165) is 17.2 Å². The SMILES string of the molecule is Cc1csc(C(C)NCc2cccnc2)n1. The Morgan fingerprint density at radius 1 is 1.50 bits per heavy atom. The monoisotopic (exact) mass is 233 g/mol. The Labute approximate surface area is 99.6 Å². The van der Waals surface area contributed by atoms with Gasteiger partial charge in [0.25, 0.3) is 0 Å². The summed E-state index contributed by atoms with van der Waals surface area (Å²) in [5.41, 5.74) is 2.29. The fraction of sp³-hybridized carbons (Fsp3) is 0.333. The van der Waals surface area contributed by atoms with Gasteiger partial charge in [-0.1, -0.05) is 6.07 Å². The molecule has 0 amide bonds. The standard InChI is InChI=1S/C12H15N3S/c1-9-8-16-12(15-9)10(2)14-7-11-4-3-5-13-6-11/h3-6,8,10,14H,7H2,1-2H3. The van der Waals surface area contributed by atoms with Crippen LogP contribution in [0.5, 0.6) is 0 Å². The minimum atomic E-state index is 0.291. The second kappa shape index (κ2) is 5.18. The Bertz CT molecular complexity index is 439. The highest BCUT2D eigenvalue weighted by molar-refractivity contribution is 7.09. The van der Waals surface area contributed by atoms with E-state index in [1.54, 1.807) is 17.5 Å². The highest BCUT2D eigenvalue weighted by Gasteiger charge is 2.08. The fourth-order valence-electron chi connectivity index (χ4n) is 1.43. The molecule has 4 heteroatoms. The van der Waals surface area contributed by atoms with Crippen molar-refractivity contribution in [1.29, 1.82) is 0 Å². The largest absolute Gasteiger partial charge is 0.304 e. The molecule has 2 aromatic rings. The van der Waals surface area contributed by atoms with E-state index >= 15 is 0 Å². The molecule has 2 heterocycles. The molecule has 0 spiro atoms. The van der Waals surface area contributed by atoms with Crippen LogP contribution in [0.25, 0.3) is 0 Å². The minimum absolute atomic E-state index is 0.291. The molecule has 1 N–H and O–H groups in total. The molecule has 0 radical (unpaired) electrons. The first-order valence-electron chi connectivity index (χ1n) is 5.30. The van der Waals surface area contributed by atoms with E-state index in [9.17, 15) is 0 Å². The van der Waals surface area contributed by atoms with Crippen LogP contribution in [0, 0.1) is 6.92 Å². The van der Waals surface area contributed by atoms with Crippen molar-refractivity contribution < 1.29 is 0 Å². The number of nitrogens with zero attached hydrogens (tertiary/aromatic N) is 2. The number of rotatable bonds is 4. The quantitative estimate of drug-likeness (QED) is 0.882. The zero-order valence-electron chi connectivity index (χ0n) is 9.47. The summed E-state index contributed by atoms with van der Waals surface area (Å²) in [7, 11) is 0. The first kappa shape index (κ1) is 11.2. The van der Waals surface area contributed by atoms with Crippen molar-refractivity contribution >= 4 is 11.3 Å². The Balaban J connectivity index is 1.91. The van der Waals surface area contributed by atoms with Gasteiger partial charge in [-0.15, -0.1) is 11.3 Å². The lowest BCUT2D eigenvalue weighted by atomic mass is 10.2. The Hall–Kier alpha value is -1.26. The minimum Gasteiger partial charge on any atom is -0.304 e. The van der Waals surface area contributed by atoms with E-state index < -0.39 is 0 Å². The van der Waals surface area contributed by atoms with Gasteiger partial charge in [-0.3, -0.25) is 4.98 Å². The smallest absolute Gasteiger partial charge is 0.110 e. The molecule has 2 rings (SSSR count). The molecule has 1 atom stereocenters. The van der Waals surface area contributed by atoms with E-state index in [1.807, 2.05) is 19.2 Å². The molecule has 3 nitrogen and oxygen atoms in total. The molecule has 1 unspecified atom stereocenters. The van der Waals surface area contributed by atoms with E-state index in [4.69, 9.17) is 0 Å². The number of thiazole rings is 1. The number of pyridine rings is 1. The third kappa shape index (κ3) is 2.87. The van der Waals surface area contributed by atoms with Crippen molar-refractivity contribution in [3.8, 4) is 0 Å². The predicted octanol–water partition coefficient (Wildman–Crippen LogP) is 2.70. The molecule has 0 saturated heterocycles. The van der Waals surface area contributed by atoms with Gasteiger partial charge in [0.1, 0.15) is 5.01 Å². The van der Waals surface area contributed by atoms with Gasteiger partial charge >= 0.3 is 0 Å². The summed E-state index contributed by atoms with van der Waals surface area (Å²) in [5, 5.41) is 6.66. The average Bonchev–Trinajstić information content (AvgIpc) is 2.74. The molecular formula is C12H15N3S. The summed E-state index contributed by atoms with van der Waals surface area (Å²) in [6, 6.07) is 4.31. The van der Waals surface area contributed by atoms with Crippen LogP contribution in [0.1, 0.15) is 29.2 Å². The second-order valence-electron chi connectivity index (χ2n) is 3.79. The molecule has 0 aliphatic carbocycles. The number of hydrogen-bond donors (Lipinski definition) is 1. The van der Waals surface area contributed by atoms with Crippen molar-refractivity contribution in [2.75, 3.05) is 0 Å². The summed E-state index contributed by atoms with van der Waals surface area (Å²) >= 11 is 1.70. The summed E-state index contributed by atoms with van der Waals surface area (Å²) < 4.78 is 0. The van der Waals surface area contributed by atoms with Crippen molar-refractivity contribution in [3.63, 3.8) is 0 Å². The summed E-state index contributed by atoms with van der Waals surface area (Å²) in [6.07, 6.45) is 3.67. The number of hydrogen-bond acceptors (Lipinski definition) is 4. The van der Waals surface area contributed by atoms with Crippen LogP contribution < -0.4 is 5.32 Å². The maximum absolute atomic E-state index is 4.46. The molecule has 0 fully saturated rings. The maximum atomic E-state index is 4.46. The molecule has 0 aliphatic rings. The predicted molar refractivity (Wildman–Crippen MR) is 66.3 cm³/mol. The van der Waals surface area contributed by atoms with E-state index in [-0.39, 0.29) is 0 Å². The lowest BCUT2D eigenvalue weighted by Gasteiger charge is -2.10. The topological polar surface area (TPSA) is 37.8 Å². The van der Waals surface area contributed by atoms with Gasteiger partial charge in [0, 0.05) is 30.0 Å². The number of aromatic nitrogens is 2. The van der Waals surface area contributed by atoms with Crippen LogP contribution >= 0.6 is 11.3 Å². The third-order valence-corrected chi connectivity index (χ3v) is 3.49. The molecule has 16 heavy (non-hydrogen) atoms. The van der Waals surface area contributed by atoms with Gasteiger partial charge in [0.2, 0.25) is 0 Å². The maximum Gasteiger partial charge on any atom is 0.110 e.